The van der Waals surface area contributed by atoms with Crippen LogP contribution < -0.4 is 0 Å². The van der Waals surface area contributed by atoms with Gasteiger partial charge < -0.3 is 5.11 Å². The maximum absolute atomic E-state index is 12.4. The Morgan fingerprint density at radius 2 is 1.83 bits per heavy atom. The predicted molar refractivity (Wildman–Crippen MR) is 96.5 cm³/mol. The van der Waals surface area contributed by atoms with Gasteiger partial charge in [0.05, 0.1) is 0 Å². The zero-order chi connectivity index (χ0) is 17.3. The summed E-state index contributed by atoms with van der Waals surface area (Å²) in [5.41, 5.74) is -0.290. The van der Waals surface area contributed by atoms with E-state index in [0.717, 1.165) is 30.3 Å². The van der Waals surface area contributed by atoms with Crippen molar-refractivity contribution in [3.8, 4) is 0 Å². The second-order valence-corrected chi connectivity index (χ2v) is 9.93. The van der Waals surface area contributed by atoms with Crippen LogP contribution in [0.4, 0.5) is 0 Å². The SMILES string of the molecule is C=C1C[C@H]2[C@@H]3CCC4CCCC[C@]4(C)[C@H]3CC[C@]2(C)[C@@]1(O)C(C)=O. The largest absolute Gasteiger partial charge is 0.377 e. The molecule has 4 saturated carbocycles. The molecule has 0 aromatic rings. The lowest BCUT2D eigenvalue weighted by molar-refractivity contribution is -0.162. The summed E-state index contributed by atoms with van der Waals surface area (Å²) >= 11 is 0. The smallest absolute Gasteiger partial charge is 0.166 e. The van der Waals surface area contributed by atoms with Crippen molar-refractivity contribution in [3.05, 3.63) is 12.2 Å². The molecule has 2 heteroatoms. The monoisotopic (exact) mass is 330 g/mol. The van der Waals surface area contributed by atoms with E-state index >= 15 is 0 Å². The molecular formula is C22H34O2. The van der Waals surface area contributed by atoms with Gasteiger partial charge in [-0.3, -0.25) is 4.79 Å². The number of aliphatic hydroxyl groups is 1. The van der Waals surface area contributed by atoms with Gasteiger partial charge in [0.1, 0.15) is 5.60 Å². The Balaban J connectivity index is 1.71. The zero-order valence-corrected chi connectivity index (χ0v) is 15.7. The first-order valence-corrected chi connectivity index (χ1v) is 10.2. The molecule has 134 valence electrons. The summed E-state index contributed by atoms with van der Waals surface area (Å²) in [6.45, 7) is 10.5. The van der Waals surface area contributed by atoms with Gasteiger partial charge in [-0.2, -0.15) is 0 Å². The van der Waals surface area contributed by atoms with Crippen LogP contribution in [0.15, 0.2) is 12.2 Å². The number of fused-ring (bicyclic) bond motifs is 5. The van der Waals surface area contributed by atoms with Crippen LogP contribution in [0.5, 0.6) is 0 Å². The van der Waals surface area contributed by atoms with Crippen LogP contribution in [0.2, 0.25) is 0 Å². The molecule has 0 aromatic carbocycles. The first kappa shape index (κ1) is 16.8. The summed E-state index contributed by atoms with van der Waals surface area (Å²) in [6, 6.07) is 0. The minimum absolute atomic E-state index is 0.0893. The number of ketones is 1. The molecule has 4 aliphatic carbocycles. The van der Waals surface area contributed by atoms with Crippen molar-refractivity contribution in [3.63, 3.8) is 0 Å². The van der Waals surface area contributed by atoms with Crippen LogP contribution in [-0.2, 0) is 4.79 Å². The van der Waals surface area contributed by atoms with Crippen molar-refractivity contribution in [2.24, 2.45) is 34.5 Å². The molecule has 0 heterocycles. The normalized spacial score (nSPS) is 53.9. The molecular weight excluding hydrogens is 296 g/mol. The van der Waals surface area contributed by atoms with Crippen molar-refractivity contribution in [2.75, 3.05) is 0 Å². The molecule has 0 bridgehead atoms. The lowest BCUT2D eigenvalue weighted by atomic mass is 9.44. The first-order chi connectivity index (χ1) is 11.2. The van der Waals surface area contributed by atoms with Gasteiger partial charge in [-0.1, -0.05) is 33.3 Å². The fraction of sp³-hybridized carbons (Fsp3) is 0.864. The van der Waals surface area contributed by atoms with Gasteiger partial charge in [-0.05, 0) is 86.5 Å². The van der Waals surface area contributed by atoms with Gasteiger partial charge in [0, 0.05) is 5.41 Å². The molecule has 0 saturated heterocycles. The predicted octanol–water partition coefficient (Wildman–Crippen LogP) is 4.91. The highest BCUT2D eigenvalue weighted by Gasteiger charge is 2.67. The first-order valence-electron chi connectivity index (χ1n) is 10.2. The van der Waals surface area contributed by atoms with E-state index in [0.29, 0.717) is 17.3 Å². The minimum Gasteiger partial charge on any atom is -0.377 e. The quantitative estimate of drug-likeness (QED) is 0.694. The van der Waals surface area contributed by atoms with Crippen LogP contribution in [-0.4, -0.2) is 16.5 Å². The fourth-order valence-corrected chi connectivity index (χ4v) is 7.91. The zero-order valence-electron chi connectivity index (χ0n) is 15.7. The Kier molecular flexibility index (Phi) is 3.64. The fourth-order valence-electron chi connectivity index (χ4n) is 7.91. The summed E-state index contributed by atoms with van der Waals surface area (Å²) < 4.78 is 0. The van der Waals surface area contributed by atoms with Gasteiger partial charge in [0.25, 0.3) is 0 Å². The van der Waals surface area contributed by atoms with Crippen LogP contribution in [0.1, 0.15) is 78.6 Å². The molecule has 4 aliphatic rings. The number of Topliss-reactive ketones (excluding diaryl/α,β-unsaturated/α-hetero) is 1. The molecule has 2 nitrogen and oxygen atoms in total. The Bertz CT molecular complexity index is 581. The van der Waals surface area contributed by atoms with E-state index < -0.39 is 5.60 Å². The summed E-state index contributed by atoms with van der Waals surface area (Å²) in [6.07, 6.45) is 11.3. The number of carbonyl (C=O) groups excluding carboxylic acids is 1. The number of carbonyl (C=O) groups is 1. The van der Waals surface area contributed by atoms with E-state index in [2.05, 4.69) is 20.4 Å². The van der Waals surface area contributed by atoms with E-state index in [1.807, 2.05) is 0 Å². The summed E-state index contributed by atoms with van der Waals surface area (Å²) in [7, 11) is 0. The molecule has 1 N–H and O–H groups in total. The van der Waals surface area contributed by atoms with E-state index in [1.54, 1.807) is 6.92 Å². The van der Waals surface area contributed by atoms with E-state index in [4.69, 9.17) is 0 Å². The van der Waals surface area contributed by atoms with Crippen LogP contribution in [0.25, 0.3) is 0 Å². The average Bonchev–Trinajstić information content (AvgIpc) is 2.75. The molecule has 0 aliphatic heterocycles. The van der Waals surface area contributed by atoms with Crippen molar-refractivity contribution in [1.82, 2.24) is 0 Å². The lowest BCUT2D eigenvalue weighted by Gasteiger charge is -2.61. The lowest BCUT2D eigenvalue weighted by Crippen LogP contribution is -2.58. The second-order valence-electron chi connectivity index (χ2n) is 9.93. The molecule has 0 spiro atoms. The highest BCUT2D eigenvalue weighted by atomic mass is 16.3. The van der Waals surface area contributed by atoms with Crippen LogP contribution in [0.3, 0.4) is 0 Å². The molecule has 0 radical (unpaired) electrons. The van der Waals surface area contributed by atoms with Crippen molar-refractivity contribution >= 4 is 5.78 Å². The molecule has 0 amide bonds. The summed E-state index contributed by atoms with van der Waals surface area (Å²) in [4.78, 5) is 12.4. The number of hydrogen-bond donors (Lipinski definition) is 1. The second kappa shape index (κ2) is 5.19. The van der Waals surface area contributed by atoms with Gasteiger partial charge in [0.15, 0.2) is 5.78 Å². The van der Waals surface area contributed by atoms with Gasteiger partial charge in [0.2, 0.25) is 0 Å². The number of hydrogen-bond acceptors (Lipinski definition) is 2. The average molecular weight is 331 g/mol. The minimum atomic E-state index is -1.28. The topological polar surface area (TPSA) is 37.3 Å². The molecule has 1 unspecified atom stereocenters. The maximum atomic E-state index is 12.4. The molecule has 4 rings (SSSR count). The molecule has 24 heavy (non-hydrogen) atoms. The molecule has 0 aromatic heterocycles. The van der Waals surface area contributed by atoms with E-state index in [1.165, 1.54) is 44.9 Å². The molecule has 4 fully saturated rings. The van der Waals surface area contributed by atoms with Gasteiger partial charge in [-0.15, -0.1) is 0 Å². The van der Waals surface area contributed by atoms with Crippen molar-refractivity contribution < 1.29 is 9.90 Å². The van der Waals surface area contributed by atoms with Crippen LogP contribution in [0, 0.1) is 34.5 Å². The van der Waals surface area contributed by atoms with Crippen LogP contribution >= 0.6 is 0 Å². The number of rotatable bonds is 1. The van der Waals surface area contributed by atoms with E-state index in [9.17, 15) is 9.90 Å². The highest BCUT2D eigenvalue weighted by molar-refractivity contribution is 5.90. The Labute approximate surface area is 147 Å². The Morgan fingerprint density at radius 1 is 1.08 bits per heavy atom. The van der Waals surface area contributed by atoms with Crippen molar-refractivity contribution in [2.45, 2.75) is 84.2 Å². The van der Waals surface area contributed by atoms with Gasteiger partial charge in [-0.25, -0.2) is 0 Å². The maximum Gasteiger partial charge on any atom is 0.166 e. The Hall–Kier alpha value is -0.630. The third kappa shape index (κ3) is 1.84. The summed E-state index contributed by atoms with van der Waals surface area (Å²) in [5.74, 6) is 2.73. The molecule has 7 atom stereocenters. The standard InChI is InChI=1S/C22H34O2/c1-14-13-19-17-9-8-16-7-5-6-11-20(16,3)18(17)10-12-21(19,4)22(14,24)15(2)23/h16-19,24H,1,5-13H2,2-4H3/t16?,17-,18+,19+,20+,21+,22+/m1/s1. The highest BCUT2D eigenvalue weighted by Crippen LogP contribution is 2.69. The third-order valence-corrected chi connectivity index (χ3v) is 9.29. The van der Waals surface area contributed by atoms with E-state index in [-0.39, 0.29) is 11.2 Å². The Morgan fingerprint density at radius 3 is 2.54 bits per heavy atom. The summed E-state index contributed by atoms with van der Waals surface area (Å²) in [5, 5.41) is 11.3. The third-order valence-electron chi connectivity index (χ3n) is 9.29. The van der Waals surface area contributed by atoms with Crippen molar-refractivity contribution in [1.29, 1.82) is 0 Å². The van der Waals surface area contributed by atoms with Gasteiger partial charge >= 0.3 is 0 Å².